The summed E-state index contributed by atoms with van der Waals surface area (Å²) in [6.07, 6.45) is 6.51. The average molecular weight is 212 g/mol. The summed E-state index contributed by atoms with van der Waals surface area (Å²) in [6, 6.07) is 0.704. The molecule has 0 radical (unpaired) electrons. The van der Waals surface area contributed by atoms with Crippen LogP contribution >= 0.6 is 0 Å². The van der Waals surface area contributed by atoms with Crippen LogP contribution in [0.3, 0.4) is 0 Å². The van der Waals surface area contributed by atoms with E-state index in [0.717, 1.165) is 19.8 Å². The lowest BCUT2D eigenvalue weighted by Gasteiger charge is -2.19. The fourth-order valence-corrected chi connectivity index (χ4v) is 2.54. The van der Waals surface area contributed by atoms with Gasteiger partial charge in [-0.2, -0.15) is 0 Å². The fraction of sp³-hybridized carbons (Fsp3) is 1.00. The van der Waals surface area contributed by atoms with Crippen LogP contribution in [0.25, 0.3) is 0 Å². The summed E-state index contributed by atoms with van der Waals surface area (Å²) in [4.78, 5) is 2.57. The minimum atomic E-state index is 0.704. The number of likely N-dealkylation sites (tertiary alicyclic amines) is 1. The van der Waals surface area contributed by atoms with Gasteiger partial charge in [0.15, 0.2) is 0 Å². The van der Waals surface area contributed by atoms with Crippen molar-refractivity contribution in [3.63, 3.8) is 0 Å². The monoisotopic (exact) mass is 212 g/mol. The van der Waals surface area contributed by atoms with Crippen LogP contribution in [0.15, 0.2) is 0 Å². The standard InChI is InChI=1S/C12H24N2O/c1-2-8-14(7-1)9-6-13-12-4-3-10-15-11-5-12/h12-13H,1-11H2. The van der Waals surface area contributed by atoms with Crippen LogP contribution in [0.1, 0.15) is 32.1 Å². The number of hydrogen-bond acceptors (Lipinski definition) is 3. The van der Waals surface area contributed by atoms with Gasteiger partial charge in [-0.3, -0.25) is 0 Å². The summed E-state index contributed by atoms with van der Waals surface area (Å²) in [5.74, 6) is 0. The van der Waals surface area contributed by atoms with Gasteiger partial charge in [-0.15, -0.1) is 0 Å². The van der Waals surface area contributed by atoms with Crippen LogP contribution < -0.4 is 5.32 Å². The molecule has 1 unspecified atom stereocenters. The molecule has 0 amide bonds. The van der Waals surface area contributed by atoms with E-state index in [4.69, 9.17) is 4.74 Å². The lowest BCUT2D eigenvalue weighted by Crippen LogP contribution is -2.36. The Morgan fingerprint density at radius 1 is 1.07 bits per heavy atom. The Balaban J connectivity index is 1.55. The molecule has 1 atom stereocenters. The van der Waals surface area contributed by atoms with E-state index in [1.165, 1.54) is 51.7 Å². The van der Waals surface area contributed by atoms with E-state index in [2.05, 4.69) is 10.2 Å². The van der Waals surface area contributed by atoms with Crippen LogP contribution in [0.4, 0.5) is 0 Å². The fourth-order valence-electron chi connectivity index (χ4n) is 2.54. The summed E-state index contributed by atoms with van der Waals surface area (Å²) in [5, 5.41) is 3.67. The lowest BCUT2D eigenvalue weighted by atomic mass is 10.1. The molecule has 3 nitrogen and oxygen atoms in total. The van der Waals surface area contributed by atoms with E-state index >= 15 is 0 Å². The quantitative estimate of drug-likeness (QED) is 0.759. The molecule has 3 heteroatoms. The van der Waals surface area contributed by atoms with Gasteiger partial charge in [0.25, 0.3) is 0 Å². The molecule has 2 aliphatic rings. The molecule has 2 aliphatic heterocycles. The summed E-state index contributed by atoms with van der Waals surface area (Å²) in [5.41, 5.74) is 0. The van der Waals surface area contributed by atoms with Crippen molar-refractivity contribution in [3.05, 3.63) is 0 Å². The molecule has 0 spiro atoms. The van der Waals surface area contributed by atoms with Crippen molar-refractivity contribution in [2.75, 3.05) is 39.4 Å². The Morgan fingerprint density at radius 3 is 2.80 bits per heavy atom. The predicted octanol–water partition coefficient (Wildman–Crippen LogP) is 1.24. The van der Waals surface area contributed by atoms with Crippen molar-refractivity contribution in [2.45, 2.75) is 38.1 Å². The Hall–Kier alpha value is -0.120. The highest BCUT2D eigenvalue weighted by atomic mass is 16.5. The second-order valence-corrected chi connectivity index (χ2v) is 4.74. The topological polar surface area (TPSA) is 24.5 Å². The number of rotatable bonds is 4. The highest BCUT2D eigenvalue weighted by molar-refractivity contribution is 4.72. The molecule has 2 rings (SSSR count). The molecule has 2 fully saturated rings. The van der Waals surface area contributed by atoms with Crippen molar-refractivity contribution in [2.24, 2.45) is 0 Å². The molecular weight excluding hydrogens is 188 g/mol. The van der Waals surface area contributed by atoms with Gasteiger partial charge >= 0.3 is 0 Å². The molecule has 15 heavy (non-hydrogen) atoms. The minimum Gasteiger partial charge on any atom is -0.381 e. The van der Waals surface area contributed by atoms with Crippen LogP contribution in [0, 0.1) is 0 Å². The van der Waals surface area contributed by atoms with Gasteiger partial charge in [0.1, 0.15) is 0 Å². The summed E-state index contributed by atoms with van der Waals surface area (Å²) < 4.78 is 5.45. The Bertz CT molecular complexity index is 161. The van der Waals surface area contributed by atoms with Crippen LogP contribution in [-0.2, 0) is 4.74 Å². The van der Waals surface area contributed by atoms with Crippen molar-refractivity contribution < 1.29 is 4.74 Å². The number of nitrogens with zero attached hydrogens (tertiary/aromatic N) is 1. The van der Waals surface area contributed by atoms with E-state index < -0.39 is 0 Å². The van der Waals surface area contributed by atoms with Crippen LogP contribution in [-0.4, -0.2) is 50.3 Å². The molecule has 0 aromatic heterocycles. The van der Waals surface area contributed by atoms with E-state index in [0.29, 0.717) is 6.04 Å². The van der Waals surface area contributed by atoms with Gasteiger partial charge in [0, 0.05) is 32.3 Å². The SMILES string of the molecule is C1COCCC(NCCN2CCCC2)C1. The Kier molecular flexibility index (Phi) is 4.90. The van der Waals surface area contributed by atoms with Crippen molar-refractivity contribution in [3.8, 4) is 0 Å². The minimum absolute atomic E-state index is 0.704. The summed E-state index contributed by atoms with van der Waals surface area (Å²) >= 11 is 0. The molecule has 88 valence electrons. The smallest absolute Gasteiger partial charge is 0.0480 e. The largest absolute Gasteiger partial charge is 0.381 e. The maximum Gasteiger partial charge on any atom is 0.0480 e. The number of hydrogen-bond donors (Lipinski definition) is 1. The first kappa shape index (κ1) is 11.4. The molecule has 0 bridgehead atoms. The average Bonchev–Trinajstić information content (AvgIpc) is 2.62. The lowest BCUT2D eigenvalue weighted by molar-refractivity contribution is 0.142. The van der Waals surface area contributed by atoms with Crippen LogP contribution in [0.5, 0.6) is 0 Å². The molecule has 2 heterocycles. The zero-order chi connectivity index (χ0) is 10.3. The van der Waals surface area contributed by atoms with Gasteiger partial charge in [0.05, 0.1) is 0 Å². The zero-order valence-electron chi connectivity index (χ0n) is 9.71. The van der Waals surface area contributed by atoms with E-state index in [9.17, 15) is 0 Å². The molecule has 0 saturated carbocycles. The second kappa shape index (κ2) is 6.46. The first-order valence-electron chi connectivity index (χ1n) is 6.48. The molecular formula is C12H24N2O. The van der Waals surface area contributed by atoms with E-state index in [-0.39, 0.29) is 0 Å². The molecule has 0 aliphatic carbocycles. The van der Waals surface area contributed by atoms with Gasteiger partial charge in [-0.1, -0.05) is 0 Å². The Morgan fingerprint density at radius 2 is 1.93 bits per heavy atom. The first-order chi connectivity index (χ1) is 7.45. The molecule has 0 aromatic rings. The third-order valence-corrected chi connectivity index (χ3v) is 3.51. The number of ether oxygens (including phenoxy) is 1. The van der Waals surface area contributed by atoms with Gasteiger partial charge in [0.2, 0.25) is 0 Å². The summed E-state index contributed by atoms with van der Waals surface area (Å²) in [6.45, 7) is 6.93. The summed E-state index contributed by atoms with van der Waals surface area (Å²) in [7, 11) is 0. The second-order valence-electron chi connectivity index (χ2n) is 4.74. The third-order valence-electron chi connectivity index (χ3n) is 3.51. The maximum atomic E-state index is 5.45. The van der Waals surface area contributed by atoms with Gasteiger partial charge in [-0.05, 0) is 45.2 Å². The highest BCUT2D eigenvalue weighted by Gasteiger charge is 2.13. The third kappa shape index (κ3) is 4.09. The van der Waals surface area contributed by atoms with Gasteiger partial charge < -0.3 is 15.0 Å². The zero-order valence-corrected chi connectivity index (χ0v) is 9.71. The van der Waals surface area contributed by atoms with Crippen molar-refractivity contribution in [1.29, 1.82) is 0 Å². The van der Waals surface area contributed by atoms with Crippen molar-refractivity contribution >= 4 is 0 Å². The molecule has 1 N–H and O–H groups in total. The van der Waals surface area contributed by atoms with Crippen LogP contribution in [0.2, 0.25) is 0 Å². The highest BCUT2D eigenvalue weighted by Crippen LogP contribution is 2.09. The van der Waals surface area contributed by atoms with Crippen molar-refractivity contribution in [1.82, 2.24) is 10.2 Å². The maximum absolute atomic E-state index is 5.45. The normalized spacial score (nSPS) is 29.2. The Labute approximate surface area is 93.2 Å². The predicted molar refractivity (Wildman–Crippen MR) is 62.1 cm³/mol. The number of nitrogens with one attached hydrogen (secondary N) is 1. The molecule has 0 aromatic carbocycles. The molecule has 2 saturated heterocycles. The van der Waals surface area contributed by atoms with E-state index in [1.807, 2.05) is 0 Å². The first-order valence-corrected chi connectivity index (χ1v) is 6.48. The van der Waals surface area contributed by atoms with E-state index in [1.54, 1.807) is 0 Å². The van der Waals surface area contributed by atoms with Gasteiger partial charge in [-0.25, -0.2) is 0 Å².